The van der Waals surface area contributed by atoms with E-state index >= 15 is 0 Å². The molecule has 1 aromatic carbocycles. The summed E-state index contributed by atoms with van der Waals surface area (Å²) in [6, 6.07) is 10.7. The number of rotatable bonds is 6. The lowest BCUT2D eigenvalue weighted by Gasteiger charge is -2.31. The van der Waals surface area contributed by atoms with Crippen LogP contribution < -0.4 is 5.32 Å². The Morgan fingerprint density at radius 3 is 2.63 bits per heavy atom. The van der Waals surface area contributed by atoms with Gasteiger partial charge in [0.15, 0.2) is 5.96 Å². The highest BCUT2D eigenvalue weighted by Gasteiger charge is 2.22. The predicted molar refractivity (Wildman–Crippen MR) is 116 cm³/mol. The molecule has 2 saturated heterocycles. The standard InChI is InChI=1S/C23H36N4/c1-3-13-26-14-10-22(19-26)18-25-23(24-4-2)27-15-11-21(12-16-27)17-20-8-6-5-7-9-20/h5-9,17,22H,3-4,10-16,18-19H2,1-2H3,(H,24,25). The van der Waals surface area contributed by atoms with E-state index in [1.807, 2.05) is 0 Å². The van der Waals surface area contributed by atoms with Gasteiger partial charge in [-0.25, -0.2) is 0 Å². The normalized spacial score (nSPS) is 21.6. The SMILES string of the molecule is CCCN1CCC(CN=C(NCC)N2CCC(=Cc3ccccc3)CC2)C1. The van der Waals surface area contributed by atoms with E-state index in [0.29, 0.717) is 0 Å². The van der Waals surface area contributed by atoms with Crippen molar-refractivity contribution >= 4 is 12.0 Å². The molecule has 2 aliphatic heterocycles. The fourth-order valence-electron chi connectivity index (χ4n) is 4.16. The van der Waals surface area contributed by atoms with E-state index in [1.165, 1.54) is 38.0 Å². The van der Waals surface area contributed by atoms with Gasteiger partial charge in [0.1, 0.15) is 0 Å². The van der Waals surface area contributed by atoms with Gasteiger partial charge in [-0.05, 0) is 57.2 Å². The zero-order valence-corrected chi connectivity index (χ0v) is 17.2. The van der Waals surface area contributed by atoms with E-state index < -0.39 is 0 Å². The molecule has 4 heteroatoms. The zero-order valence-electron chi connectivity index (χ0n) is 17.2. The van der Waals surface area contributed by atoms with Gasteiger partial charge < -0.3 is 15.1 Å². The molecule has 2 aliphatic rings. The van der Waals surface area contributed by atoms with E-state index in [1.54, 1.807) is 5.57 Å². The molecule has 1 aromatic rings. The maximum absolute atomic E-state index is 5.01. The number of benzene rings is 1. The van der Waals surface area contributed by atoms with Crippen molar-refractivity contribution in [2.75, 3.05) is 45.8 Å². The molecule has 148 valence electrons. The van der Waals surface area contributed by atoms with Crippen molar-refractivity contribution in [1.29, 1.82) is 0 Å². The number of aliphatic imine (C=N–C) groups is 1. The molecule has 1 atom stereocenters. The van der Waals surface area contributed by atoms with Crippen LogP contribution in [0.1, 0.15) is 45.1 Å². The number of guanidine groups is 1. The van der Waals surface area contributed by atoms with Crippen molar-refractivity contribution in [3.05, 3.63) is 41.5 Å². The van der Waals surface area contributed by atoms with Crippen molar-refractivity contribution < 1.29 is 0 Å². The minimum Gasteiger partial charge on any atom is -0.357 e. The second-order valence-corrected chi connectivity index (χ2v) is 7.85. The van der Waals surface area contributed by atoms with Crippen LogP contribution in [-0.2, 0) is 0 Å². The van der Waals surface area contributed by atoms with Crippen molar-refractivity contribution in [1.82, 2.24) is 15.1 Å². The highest BCUT2D eigenvalue weighted by molar-refractivity contribution is 5.80. The smallest absolute Gasteiger partial charge is 0.193 e. The lowest BCUT2D eigenvalue weighted by molar-refractivity contribution is 0.325. The van der Waals surface area contributed by atoms with E-state index in [9.17, 15) is 0 Å². The van der Waals surface area contributed by atoms with Crippen LogP contribution in [-0.4, -0.2) is 61.6 Å². The molecule has 3 rings (SSSR count). The average molecular weight is 369 g/mol. The summed E-state index contributed by atoms with van der Waals surface area (Å²) in [5.41, 5.74) is 2.87. The predicted octanol–water partition coefficient (Wildman–Crippen LogP) is 3.86. The lowest BCUT2D eigenvalue weighted by Crippen LogP contribution is -2.44. The summed E-state index contributed by atoms with van der Waals surface area (Å²) in [7, 11) is 0. The van der Waals surface area contributed by atoms with E-state index in [0.717, 1.165) is 50.9 Å². The molecule has 2 heterocycles. The van der Waals surface area contributed by atoms with Crippen molar-refractivity contribution in [2.24, 2.45) is 10.9 Å². The van der Waals surface area contributed by atoms with Gasteiger partial charge in [0, 0.05) is 32.7 Å². The van der Waals surface area contributed by atoms with Gasteiger partial charge in [-0.2, -0.15) is 0 Å². The van der Waals surface area contributed by atoms with Crippen LogP contribution in [0.2, 0.25) is 0 Å². The van der Waals surface area contributed by atoms with Crippen LogP contribution in [0, 0.1) is 5.92 Å². The van der Waals surface area contributed by atoms with Crippen LogP contribution in [0.3, 0.4) is 0 Å². The number of hydrogen-bond acceptors (Lipinski definition) is 2. The first-order valence-electron chi connectivity index (χ1n) is 10.8. The van der Waals surface area contributed by atoms with Crippen LogP contribution >= 0.6 is 0 Å². The Morgan fingerprint density at radius 2 is 1.93 bits per heavy atom. The van der Waals surface area contributed by atoms with E-state index in [2.05, 4.69) is 65.4 Å². The van der Waals surface area contributed by atoms with Crippen molar-refractivity contribution in [2.45, 2.75) is 39.5 Å². The minimum atomic E-state index is 0.725. The monoisotopic (exact) mass is 368 g/mol. The maximum Gasteiger partial charge on any atom is 0.193 e. The van der Waals surface area contributed by atoms with Crippen molar-refractivity contribution in [3.8, 4) is 0 Å². The third-order valence-corrected chi connectivity index (χ3v) is 5.62. The van der Waals surface area contributed by atoms with E-state index in [-0.39, 0.29) is 0 Å². The fraction of sp³-hybridized carbons (Fsp3) is 0.609. The largest absolute Gasteiger partial charge is 0.357 e. The molecule has 1 N–H and O–H groups in total. The first kappa shape index (κ1) is 19.9. The summed E-state index contributed by atoms with van der Waals surface area (Å²) in [6.07, 6.45) is 7.18. The highest BCUT2D eigenvalue weighted by Crippen LogP contribution is 2.20. The Balaban J connectivity index is 1.52. The van der Waals surface area contributed by atoms with Gasteiger partial charge >= 0.3 is 0 Å². The summed E-state index contributed by atoms with van der Waals surface area (Å²) >= 11 is 0. The van der Waals surface area contributed by atoms with Gasteiger partial charge in [-0.3, -0.25) is 4.99 Å². The van der Waals surface area contributed by atoms with Crippen molar-refractivity contribution in [3.63, 3.8) is 0 Å². The summed E-state index contributed by atoms with van der Waals surface area (Å²) < 4.78 is 0. The third kappa shape index (κ3) is 6.10. The summed E-state index contributed by atoms with van der Waals surface area (Å²) in [5.74, 6) is 1.84. The topological polar surface area (TPSA) is 30.9 Å². The Hall–Kier alpha value is -1.81. The molecule has 0 amide bonds. The van der Waals surface area contributed by atoms with Crippen LogP contribution in [0.5, 0.6) is 0 Å². The average Bonchev–Trinajstić information content (AvgIpc) is 3.14. The van der Waals surface area contributed by atoms with Crippen LogP contribution in [0.25, 0.3) is 6.08 Å². The molecule has 1 unspecified atom stereocenters. The maximum atomic E-state index is 5.01. The quantitative estimate of drug-likeness (QED) is 0.611. The Bertz CT molecular complexity index is 613. The molecule has 4 nitrogen and oxygen atoms in total. The van der Waals surface area contributed by atoms with Gasteiger partial charge in [0.2, 0.25) is 0 Å². The van der Waals surface area contributed by atoms with E-state index in [4.69, 9.17) is 4.99 Å². The Morgan fingerprint density at radius 1 is 1.15 bits per heavy atom. The number of likely N-dealkylation sites (tertiary alicyclic amines) is 2. The molecule has 0 spiro atoms. The number of hydrogen-bond donors (Lipinski definition) is 1. The minimum absolute atomic E-state index is 0.725. The lowest BCUT2D eigenvalue weighted by atomic mass is 10.0. The number of piperidine rings is 1. The second kappa shape index (κ2) is 10.5. The number of nitrogens with one attached hydrogen (secondary N) is 1. The van der Waals surface area contributed by atoms with Gasteiger partial charge in [-0.1, -0.05) is 48.9 Å². The summed E-state index contributed by atoms with van der Waals surface area (Å²) in [6.45, 7) is 12.2. The molecule has 0 bridgehead atoms. The first-order chi connectivity index (χ1) is 13.3. The summed E-state index contributed by atoms with van der Waals surface area (Å²) in [4.78, 5) is 10.0. The molecular formula is C23H36N4. The zero-order chi connectivity index (χ0) is 18.9. The van der Waals surface area contributed by atoms with Gasteiger partial charge in [0.25, 0.3) is 0 Å². The van der Waals surface area contributed by atoms with Crippen LogP contribution in [0.4, 0.5) is 0 Å². The van der Waals surface area contributed by atoms with Gasteiger partial charge in [0.05, 0.1) is 0 Å². The Kier molecular flexibility index (Phi) is 7.76. The number of nitrogens with zero attached hydrogens (tertiary/aromatic N) is 3. The molecule has 0 radical (unpaired) electrons. The third-order valence-electron chi connectivity index (χ3n) is 5.62. The first-order valence-corrected chi connectivity index (χ1v) is 10.8. The molecular weight excluding hydrogens is 332 g/mol. The second-order valence-electron chi connectivity index (χ2n) is 7.85. The molecule has 0 aromatic heterocycles. The highest BCUT2D eigenvalue weighted by atomic mass is 15.3. The van der Waals surface area contributed by atoms with Crippen LogP contribution in [0.15, 0.2) is 40.9 Å². The molecule has 27 heavy (non-hydrogen) atoms. The van der Waals surface area contributed by atoms with Gasteiger partial charge in [-0.15, -0.1) is 0 Å². The fourth-order valence-corrected chi connectivity index (χ4v) is 4.16. The molecule has 2 fully saturated rings. The molecule has 0 aliphatic carbocycles. The molecule has 0 saturated carbocycles. The Labute approximate surface area is 165 Å². The summed E-state index contributed by atoms with van der Waals surface area (Å²) in [5, 5.41) is 3.52.